The van der Waals surface area contributed by atoms with Gasteiger partial charge in [0.25, 0.3) is 0 Å². The first kappa shape index (κ1) is 13.5. The summed E-state index contributed by atoms with van der Waals surface area (Å²) in [6.45, 7) is 0.126. The van der Waals surface area contributed by atoms with Crippen LogP contribution < -0.4 is 5.32 Å². The van der Waals surface area contributed by atoms with E-state index in [9.17, 15) is 13.2 Å². The van der Waals surface area contributed by atoms with Gasteiger partial charge in [0.15, 0.2) is 0 Å². The molecule has 0 radical (unpaired) electrons. The van der Waals surface area contributed by atoms with Gasteiger partial charge in [-0.15, -0.1) is 11.3 Å². The van der Waals surface area contributed by atoms with Gasteiger partial charge >= 0.3 is 6.18 Å². The molecule has 6 heteroatoms. The van der Waals surface area contributed by atoms with Crippen LogP contribution in [0.5, 0.6) is 0 Å². The summed E-state index contributed by atoms with van der Waals surface area (Å²) in [5, 5.41) is 4.26. The van der Waals surface area contributed by atoms with Crippen molar-refractivity contribution in [3.63, 3.8) is 0 Å². The molecular weight excluding hydrogens is 239 g/mol. The lowest BCUT2D eigenvalue weighted by Gasteiger charge is -2.08. The van der Waals surface area contributed by atoms with Crippen molar-refractivity contribution in [3.8, 4) is 0 Å². The lowest BCUT2D eigenvalue weighted by Crippen LogP contribution is -2.31. The number of alkyl halides is 3. The van der Waals surface area contributed by atoms with Crippen LogP contribution in [0.3, 0.4) is 0 Å². The van der Waals surface area contributed by atoms with Crippen molar-refractivity contribution in [2.45, 2.75) is 12.6 Å². The number of nitrogens with one attached hydrogen (secondary N) is 1. The Morgan fingerprint density at radius 1 is 1.31 bits per heavy atom. The summed E-state index contributed by atoms with van der Waals surface area (Å²) < 4.78 is 40.3. The molecule has 0 aromatic carbocycles. The van der Waals surface area contributed by atoms with Crippen LogP contribution in [-0.2, 0) is 11.2 Å². The van der Waals surface area contributed by atoms with Crippen molar-refractivity contribution < 1.29 is 17.9 Å². The third kappa shape index (κ3) is 6.81. The molecule has 2 nitrogen and oxygen atoms in total. The minimum absolute atomic E-state index is 0.226. The second-order valence-electron chi connectivity index (χ2n) is 3.23. The van der Waals surface area contributed by atoms with Gasteiger partial charge in [0, 0.05) is 17.8 Å². The van der Waals surface area contributed by atoms with E-state index in [1.807, 2.05) is 17.5 Å². The van der Waals surface area contributed by atoms with Crippen molar-refractivity contribution >= 4 is 11.3 Å². The highest BCUT2D eigenvalue weighted by atomic mass is 32.1. The number of rotatable bonds is 7. The van der Waals surface area contributed by atoms with Crippen LogP contribution in [0, 0.1) is 0 Å². The van der Waals surface area contributed by atoms with E-state index < -0.39 is 12.7 Å². The molecule has 1 rings (SSSR count). The maximum atomic E-state index is 11.7. The maximum absolute atomic E-state index is 11.7. The number of hydrogen-bond acceptors (Lipinski definition) is 3. The van der Waals surface area contributed by atoms with Gasteiger partial charge in [-0.3, -0.25) is 0 Å². The zero-order valence-corrected chi connectivity index (χ0v) is 9.53. The van der Waals surface area contributed by atoms with E-state index in [4.69, 9.17) is 4.74 Å². The molecule has 0 aliphatic carbocycles. The topological polar surface area (TPSA) is 21.3 Å². The fraction of sp³-hybridized carbons (Fsp3) is 0.600. The van der Waals surface area contributed by atoms with E-state index in [1.54, 1.807) is 11.3 Å². The molecule has 1 aromatic heterocycles. The van der Waals surface area contributed by atoms with E-state index in [2.05, 4.69) is 5.32 Å². The predicted octanol–water partition coefficient (Wildman–Crippen LogP) is 2.46. The van der Waals surface area contributed by atoms with Gasteiger partial charge in [-0.25, -0.2) is 0 Å². The number of hydrogen-bond donors (Lipinski definition) is 1. The first-order valence-electron chi connectivity index (χ1n) is 4.95. The van der Waals surface area contributed by atoms with Crippen molar-refractivity contribution in [1.29, 1.82) is 0 Å². The highest BCUT2D eigenvalue weighted by Gasteiger charge is 2.25. The summed E-state index contributed by atoms with van der Waals surface area (Å²) >= 11 is 1.65. The van der Waals surface area contributed by atoms with Crippen LogP contribution in [0.1, 0.15) is 4.88 Å². The fourth-order valence-electron chi connectivity index (χ4n) is 1.10. The number of halogens is 3. The second-order valence-corrected chi connectivity index (χ2v) is 4.27. The van der Waals surface area contributed by atoms with Gasteiger partial charge in [-0.1, -0.05) is 6.07 Å². The van der Waals surface area contributed by atoms with Gasteiger partial charge in [0.05, 0.1) is 19.8 Å². The predicted molar refractivity (Wildman–Crippen MR) is 57.8 cm³/mol. The van der Waals surface area contributed by atoms with E-state index in [1.165, 1.54) is 4.88 Å². The molecule has 1 heterocycles. The molecule has 1 N–H and O–H groups in total. The van der Waals surface area contributed by atoms with Gasteiger partial charge in [0.2, 0.25) is 0 Å². The van der Waals surface area contributed by atoms with Crippen LogP contribution >= 0.6 is 11.3 Å². The average molecular weight is 253 g/mol. The Labute approximate surface area is 96.4 Å². The number of thiophene rings is 1. The largest absolute Gasteiger partial charge is 0.401 e. The molecule has 16 heavy (non-hydrogen) atoms. The monoisotopic (exact) mass is 253 g/mol. The van der Waals surface area contributed by atoms with Crippen LogP contribution in [0.2, 0.25) is 0 Å². The zero-order valence-electron chi connectivity index (χ0n) is 8.72. The molecule has 0 atom stereocenters. The zero-order chi connectivity index (χ0) is 11.9. The van der Waals surface area contributed by atoms with Crippen molar-refractivity contribution in [2.24, 2.45) is 0 Å². The van der Waals surface area contributed by atoms with Crippen molar-refractivity contribution in [3.05, 3.63) is 22.4 Å². The third-order valence-corrected chi connectivity index (χ3v) is 2.76. The maximum Gasteiger partial charge on any atom is 0.401 e. The summed E-state index contributed by atoms with van der Waals surface area (Å²) in [5.74, 6) is 0. The molecule has 0 aliphatic rings. The highest BCUT2D eigenvalue weighted by Crippen LogP contribution is 2.11. The summed E-state index contributed by atoms with van der Waals surface area (Å²) in [4.78, 5) is 1.23. The lowest BCUT2D eigenvalue weighted by molar-refractivity contribution is -0.125. The molecular formula is C10H14F3NOS. The fourth-order valence-corrected chi connectivity index (χ4v) is 1.79. The minimum Gasteiger partial charge on any atom is -0.380 e. The van der Waals surface area contributed by atoms with Gasteiger partial charge in [0.1, 0.15) is 0 Å². The van der Waals surface area contributed by atoms with Crippen LogP contribution in [0.15, 0.2) is 17.5 Å². The van der Waals surface area contributed by atoms with Gasteiger partial charge in [-0.05, 0) is 11.4 Å². The Hall–Kier alpha value is -0.590. The molecule has 0 spiro atoms. The summed E-state index contributed by atoms with van der Waals surface area (Å²) in [5.41, 5.74) is 0. The molecule has 92 valence electrons. The standard InChI is InChI=1S/C10H14F3NOS/c11-10(12,13)8-14-4-6-15-5-3-9-2-1-7-16-9/h1-2,7,14H,3-6,8H2. The summed E-state index contributed by atoms with van der Waals surface area (Å²) in [7, 11) is 0. The molecule has 0 amide bonds. The Kier molecular flexibility index (Phi) is 5.79. The molecule has 0 saturated carbocycles. The van der Waals surface area contributed by atoms with Gasteiger partial charge < -0.3 is 10.1 Å². The summed E-state index contributed by atoms with van der Waals surface area (Å²) in [6.07, 6.45) is -3.33. The Balaban J connectivity index is 1.89. The highest BCUT2D eigenvalue weighted by molar-refractivity contribution is 7.09. The molecule has 0 fully saturated rings. The minimum atomic E-state index is -4.14. The quantitative estimate of drug-likeness (QED) is 0.754. The SMILES string of the molecule is FC(F)(F)CNCCOCCc1cccs1. The number of ether oxygens (including phenoxy) is 1. The molecule has 0 bridgehead atoms. The van der Waals surface area contributed by atoms with Crippen molar-refractivity contribution in [2.75, 3.05) is 26.3 Å². The van der Waals surface area contributed by atoms with Crippen molar-refractivity contribution in [1.82, 2.24) is 5.32 Å². The first-order valence-corrected chi connectivity index (χ1v) is 5.83. The normalized spacial score (nSPS) is 11.9. The lowest BCUT2D eigenvalue weighted by atomic mass is 10.4. The first-order chi connectivity index (χ1) is 7.58. The van der Waals surface area contributed by atoms with Crippen LogP contribution in [0.4, 0.5) is 13.2 Å². The van der Waals surface area contributed by atoms with Crippen LogP contribution in [-0.4, -0.2) is 32.5 Å². The van der Waals surface area contributed by atoms with E-state index in [0.29, 0.717) is 13.2 Å². The molecule has 0 unspecified atom stereocenters. The smallest absolute Gasteiger partial charge is 0.380 e. The van der Waals surface area contributed by atoms with E-state index in [0.717, 1.165) is 6.42 Å². The molecule has 0 aliphatic heterocycles. The second kappa shape index (κ2) is 6.88. The van der Waals surface area contributed by atoms with E-state index >= 15 is 0 Å². The summed E-state index contributed by atoms with van der Waals surface area (Å²) in [6, 6.07) is 3.97. The Morgan fingerprint density at radius 2 is 2.12 bits per heavy atom. The molecule has 1 aromatic rings. The van der Waals surface area contributed by atoms with Gasteiger partial charge in [-0.2, -0.15) is 13.2 Å². The Bertz CT molecular complexity index is 274. The molecule has 0 saturated heterocycles. The Morgan fingerprint density at radius 3 is 2.75 bits per heavy atom. The van der Waals surface area contributed by atoms with Crippen LogP contribution in [0.25, 0.3) is 0 Å². The van der Waals surface area contributed by atoms with E-state index in [-0.39, 0.29) is 6.54 Å². The third-order valence-electron chi connectivity index (χ3n) is 1.82. The average Bonchev–Trinajstić information content (AvgIpc) is 2.67.